The summed E-state index contributed by atoms with van der Waals surface area (Å²) in [5, 5.41) is 22.1. The minimum atomic E-state index is -0.518. The van der Waals surface area contributed by atoms with Crippen LogP contribution in [0.2, 0.25) is 5.02 Å². The summed E-state index contributed by atoms with van der Waals surface area (Å²) < 4.78 is 1.99. The molecule has 3 aromatic rings. The first-order valence-electron chi connectivity index (χ1n) is 8.56. The molecule has 6 heteroatoms. The number of para-hydroxylation sites is 1. The molecule has 1 heterocycles. The number of nitrogens with one attached hydrogen (secondary N) is 1. The fraction of sp³-hybridized carbons (Fsp3) is 0.0909. The summed E-state index contributed by atoms with van der Waals surface area (Å²) in [4.78, 5) is 12.5. The van der Waals surface area contributed by atoms with Crippen LogP contribution < -0.4 is 5.32 Å². The van der Waals surface area contributed by atoms with E-state index in [-0.39, 0.29) is 11.3 Å². The molecule has 140 valence electrons. The van der Waals surface area contributed by atoms with E-state index in [1.165, 1.54) is 12.1 Å². The Morgan fingerprint density at radius 2 is 1.86 bits per heavy atom. The Labute approximate surface area is 168 Å². The van der Waals surface area contributed by atoms with Crippen LogP contribution in [0.4, 0.5) is 5.69 Å². The largest absolute Gasteiger partial charge is 0.508 e. The number of aryl methyl sites for hydroxylation is 1. The van der Waals surface area contributed by atoms with Gasteiger partial charge in [-0.1, -0.05) is 23.7 Å². The molecule has 0 spiro atoms. The van der Waals surface area contributed by atoms with E-state index in [2.05, 4.69) is 5.32 Å². The van der Waals surface area contributed by atoms with Crippen LogP contribution >= 0.6 is 11.6 Å². The van der Waals surface area contributed by atoms with Crippen molar-refractivity contribution in [3.8, 4) is 17.5 Å². The molecule has 28 heavy (non-hydrogen) atoms. The summed E-state index contributed by atoms with van der Waals surface area (Å²) >= 11 is 6.33. The molecule has 2 aromatic carbocycles. The zero-order chi connectivity index (χ0) is 20.3. The zero-order valence-corrected chi connectivity index (χ0v) is 16.2. The Morgan fingerprint density at radius 1 is 1.18 bits per heavy atom. The van der Waals surface area contributed by atoms with E-state index in [4.69, 9.17) is 11.6 Å². The van der Waals surface area contributed by atoms with Gasteiger partial charge in [-0.3, -0.25) is 4.79 Å². The second-order valence-electron chi connectivity index (χ2n) is 6.28. The number of hydrogen-bond donors (Lipinski definition) is 2. The topological polar surface area (TPSA) is 78.1 Å². The smallest absolute Gasteiger partial charge is 0.266 e. The fourth-order valence-electron chi connectivity index (χ4n) is 2.98. The van der Waals surface area contributed by atoms with E-state index >= 15 is 0 Å². The van der Waals surface area contributed by atoms with Crippen LogP contribution in [0, 0.1) is 25.2 Å². The Bertz CT molecular complexity index is 1110. The maximum absolute atomic E-state index is 12.5. The minimum absolute atomic E-state index is 0.0208. The maximum Gasteiger partial charge on any atom is 0.266 e. The summed E-state index contributed by atoms with van der Waals surface area (Å²) in [5.74, 6) is -0.420. The number of carbonyl (C=O) groups is 1. The highest BCUT2D eigenvalue weighted by molar-refractivity contribution is 6.32. The predicted octanol–water partition coefficient (Wildman–Crippen LogP) is 5.00. The third kappa shape index (κ3) is 3.93. The molecule has 0 saturated heterocycles. The number of nitrogens with zero attached hydrogens (tertiary/aromatic N) is 2. The van der Waals surface area contributed by atoms with Gasteiger partial charge in [-0.25, -0.2) is 0 Å². The quantitative estimate of drug-likeness (QED) is 0.373. The molecule has 0 atom stereocenters. The van der Waals surface area contributed by atoms with E-state index in [9.17, 15) is 15.2 Å². The molecular weight excluding hydrogens is 374 g/mol. The molecule has 1 aromatic heterocycles. The zero-order valence-electron chi connectivity index (χ0n) is 15.4. The summed E-state index contributed by atoms with van der Waals surface area (Å²) in [5.41, 5.74) is 3.88. The first-order chi connectivity index (χ1) is 13.4. The number of aromatic hydroxyl groups is 1. The van der Waals surface area contributed by atoms with Crippen LogP contribution in [-0.4, -0.2) is 15.6 Å². The van der Waals surface area contributed by atoms with Gasteiger partial charge in [0, 0.05) is 17.1 Å². The van der Waals surface area contributed by atoms with Crippen molar-refractivity contribution in [3.05, 3.63) is 82.1 Å². The number of benzene rings is 2. The average molecular weight is 392 g/mol. The number of amides is 1. The third-order valence-corrected chi connectivity index (χ3v) is 4.67. The highest BCUT2D eigenvalue weighted by atomic mass is 35.5. The van der Waals surface area contributed by atoms with E-state index in [0.29, 0.717) is 10.7 Å². The number of halogens is 1. The Balaban J connectivity index is 1.94. The molecule has 2 N–H and O–H groups in total. The van der Waals surface area contributed by atoms with Gasteiger partial charge >= 0.3 is 0 Å². The summed E-state index contributed by atoms with van der Waals surface area (Å²) in [6, 6.07) is 17.4. The molecule has 0 aliphatic heterocycles. The van der Waals surface area contributed by atoms with Gasteiger partial charge in [-0.2, -0.15) is 5.26 Å². The maximum atomic E-state index is 12.5. The molecule has 0 bridgehead atoms. The van der Waals surface area contributed by atoms with Gasteiger partial charge in [0.25, 0.3) is 5.91 Å². The first kappa shape index (κ1) is 19.3. The molecule has 3 rings (SSSR count). The van der Waals surface area contributed by atoms with Crippen LogP contribution in [0.3, 0.4) is 0 Å². The number of hydrogen-bond acceptors (Lipinski definition) is 3. The van der Waals surface area contributed by atoms with Crippen LogP contribution in [0.5, 0.6) is 5.75 Å². The number of phenolic OH excluding ortho intramolecular Hbond substituents is 1. The summed E-state index contributed by atoms with van der Waals surface area (Å²) in [6.45, 7) is 3.85. The normalized spacial score (nSPS) is 11.1. The van der Waals surface area contributed by atoms with Crippen molar-refractivity contribution in [1.82, 2.24) is 4.57 Å². The van der Waals surface area contributed by atoms with Crippen LogP contribution in [0.25, 0.3) is 11.8 Å². The molecule has 0 radical (unpaired) electrons. The van der Waals surface area contributed by atoms with Crippen LogP contribution in [0.15, 0.2) is 60.2 Å². The van der Waals surface area contributed by atoms with Crippen molar-refractivity contribution in [2.24, 2.45) is 0 Å². The monoisotopic (exact) mass is 391 g/mol. The van der Waals surface area contributed by atoms with Crippen molar-refractivity contribution < 1.29 is 9.90 Å². The van der Waals surface area contributed by atoms with Crippen LogP contribution in [-0.2, 0) is 4.79 Å². The second-order valence-corrected chi connectivity index (χ2v) is 6.69. The van der Waals surface area contributed by atoms with Gasteiger partial charge in [-0.15, -0.1) is 0 Å². The predicted molar refractivity (Wildman–Crippen MR) is 111 cm³/mol. The van der Waals surface area contributed by atoms with E-state index in [1.54, 1.807) is 18.2 Å². The van der Waals surface area contributed by atoms with Crippen molar-refractivity contribution in [1.29, 1.82) is 5.26 Å². The van der Waals surface area contributed by atoms with Crippen molar-refractivity contribution in [2.75, 3.05) is 5.32 Å². The fourth-order valence-corrected chi connectivity index (χ4v) is 3.21. The number of rotatable bonds is 4. The van der Waals surface area contributed by atoms with Gasteiger partial charge in [0.2, 0.25) is 0 Å². The molecule has 0 aliphatic carbocycles. The standard InChI is InChI=1S/C22H18ClN3O2/c1-14-11-16(15(2)26(14)21-6-4-3-5-20(21)23)12-17(13-24)22(28)25-18-7-9-19(27)10-8-18/h3-12,27H,1-2H3,(H,25,28)/b17-12-. The van der Waals surface area contributed by atoms with Crippen molar-refractivity contribution >= 4 is 29.3 Å². The van der Waals surface area contributed by atoms with Crippen LogP contribution in [0.1, 0.15) is 17.0 Å². The van der Waals surface area contributed by atoms with E-state index in [1.807, 2.05) is 54.8 Å². The Kier molecular flexibility index (Phi) is 5.53. The van der Waals surface area contributed by atoms with Gasteiger partial charge in [0.15, 0.2) is 0 Å². The molecule has 0 unspecified atom stereocenters. The lowest BCUT2D eigenvalue weighted by Gasteiger charge is -2.11. The van der Waals surface area contributed by atoms with Gasteiger partial charge in [0.1, 0.15) is 17.4 Å². The molecule has 0 fully saturated rings. The van der Waals surface area contributed by atoms with Gasteiger partial charge in [-0.05, 0) is 68.0 Å². The van der Waals surface area contributed by atoms with E-state index in [0.717, 1.165) is 22.6 Å². The average Bonchev–Trinajstić information content (AvgIpc) is 2.95. The molecular formula is C22H18ClN3O2. The van der Waals surface area contributed by atoms with Gasteiger partial charge in [0.05, 0.1) is 10.7 Å². The minimum Gasteiger partial charge on any atom is -0.508 e. The van der Waals surface area contributed by atoms with Crippen molar-refractivity contribution in [3.63, 3.8) is 0 Å². The lowest BCUT2D eigenvalue weighted by Crippen LogP contribution is -2.13. The highest BCUT2D eigenvalue weighted by Crippen LogP contribution is 2.27. The lowest BCUT2D eigenvalue weighted by molar-refractivity contribution is -0.112. The SMILES string of the molecule is Cc1cc(/C=C(/C#N)C(=O)Nc2ccc(O)cc2)c(C)n1-c1ccccc1Cl. The Morgan fingerprint density at radius 3 is 2.50 bits per heavy atom. The summed E-state index contributed by atoms with van der Waals surface area (Å²) in [7, 11) is 0. The molecule has 5 nitrogen and oxygen atoms in total. The van der Waals surface area contributed by atoms with Gasteiger partial charge < -0.3 is 15.0 Å². The first-order valence-corrected chi connectivity index (χ1v) is 8.94. The Hall–Kier alpha value is -3.49. The number of carbonyl (C=O) groups excluding carboxylic acids is 1. The second kappa shape index (κ2) is 8.03. The molecule has 0 aliphatic rings. The number of phenols is 1. The third-order valence-electron chi connectivity index (χ3n) is 4.35. The number of anilines is 1. The molecule has 0 saturated carbocycles. The highest BCUT2D eigenvalue weighted by Gasteiger charge is 2.15. The van der Waals surface area contributed by atoms with Crippen molar-refractivity contribution in [2.45, 2.75) is 13.8 Å². The number of nitriles is 1. The lowest BCUT2D eigenvalue weighted by atomic mass is 10.1. The molecule has 1 amide bonds. The number of aromatic nitrogens is 1. The summed E-state index contributed by atoms with van der Waals surface area (Å²) in [6.07, 6.45) is 1.56. The van der Waals surface area contributed by atoms with E-state index < -0.39 is 5.91 Å².